The second kappa shape index (κ2) is 4.09. The summed E-state index contributed by atoms with van der Waals surface area (Å²) in [6.45, 7) is 0. The summed E-state index contributed by atoms with van der Waals surface area (Å²) in [4.78, 5) is 4.32. The van der Waals surface area contributed by atoms with E-state index in [9.17, 15) is 0 Å². The molecule has 0 amide bonds. The van der Waals surface area contributed by atoms with Gasteiger partial charge in [0.2, 0.25) is 0 Å². The van der Waals surface area contributed by atoms with Crippen LogP contribution in [0, 0.1) is 0 Å². The zero-order valence-electron chi connectivity index (χ0n) is 5.35. The van der Waals surface area contributed by atoms with E-state index in [-0.39, 0.29) is 1.43 Å². The number of aromatic nitrogens is 1. The van der Waals surface area contributed by atoms with Crippen molar-refractivity contribution in [3.05, 3.63) is 29.6 Å². The number of nitrogens with zero attached hydrogens (tertiary/aromatic N) is 1. The summed E-state index contributed by atoms with van der Waals surface area (Å²) in [5, 5.41) is 1.65. The summed E-state index contributed by atoms with van der Waals surface area (Å²) in [6.07, 6.45) is 0. The van der Waals surface area contributed by atoms with Gasteiger partial charge in [-0.15, -0.1) is 0 Å². The van der Waals surface area contributed by atoms with Gasteiger partial charge in [-0.25, -0.2) is 0 Å². The Balaban J connectivity index is 0.000001000. The fraction of sp³-hybridized carbons (Fsp3) is 0.286. The van der Waals surface area contributed by atoms with E-state index in [2.05, 4.69) is 36.8 Å². The molecule has 0 fully saturated rings. The topological polar surface area (TPSA) is 12.9 Å². The summed E-state index contributed by atoms with van der Waals surface area (Å²) in [7, 11) is 0. The highest BCUT2D eigenvalue weighted by Gasteiger charge is 1.92. The highest BCUT2D eigenvalue weighted by Crippen LogP contribution is 2.06. The molecule has 0 bridgehead atoms. The third-order valence-corrected chi connectivity index (χ3v) is 2.29. The maximum absolute atomic E-state index is 4.32. The maximum atomic E-state index is 4.32. The fourth-order valence-corrected chi connectivity index (χ4v) is 1.30. The smallest absolute Gasteiger partial charge is 0.0512 e. The predicted octanol–water partition coefficient (Wildman–Crippen LogP) is 3.12. The quantitative estimate of drug-likeness (QED) is 0.750. The van der Waals surface area contributed by atoms with Crippen molar-refractivity contribution in [1.82, 2.24) is 4.98 Å². The molecule has 1 aromatic rings. The van der Waals surface area contributed by atoms with Gasteiger partial charge in [-0.1, -0.05) is 37.9 Å². The minimum atomic E-state index is 0. The van der Waals surface area contributed by atoms with Crippen LogP contribution in [-0.4, -0.2) is 4.98 Å². The van der Waals surface area contributed by atoms with E-state index in [1.54, 1.807) is 0 Å². The Morgan fingerprint density at radius 1 is 1.20 bits per heavy atom. The molecule has 0 saturated heterocycles. The van der Waals surface area contributed by atoms with Crippen LogP contribution in [0.15, 0.2) is 18.2 Å². The molecule has 0 aliphatic carbocycles. The zero-order chi connectivity index (χ0) is 7.40. The molecule has 3 heteroatoms. The van der Waals surface area contributed by atoms with E-state index in [1.165, 1.54) is 0 Å². The molecule has 1 nitrogen and oxygen atoms in total. The van der Waals surface area contributed by atoms with Crippen LogP contribution < -0.4 is 0 Å². The van der Waals surface area contributed by atoms with Gasteiger partial charge in [0.1, 0.15) is 0 Å². The van der Waals surface area contributed by atoms with Gasteiger partial charge in [-0.3, -0.25) is 4.98 Å². The van der Waals surface area contributed by atoms with Gasteiger partial charge in [-0.05, 0) is 12.1 Å². The number of pyridine rings is 1. The van der Waals surface area contributed by atoms with Gasteiger partial charge in [0.25, 0.3) is 0 Å². The van der Waals surface area contributed by atoms with E-state index in [0.717, 1.165) is 22.0 Å². The molecule has 0 saturated carbocycles. The molecule has 0 atom stereocenters. The van der Waals surface area contributed by atoms with Gasteiger partial charge in [0, 0.05) is 12.1 Å². The van der Waals surface area contributed by atoms with Crippen molar-refractivity contribution in [3.63, 3.8) is 0 Å². The molecule has 0 aliphatic heterocycles. The molecular weight excluding hydrogens is 258 g/mol. The van der Waals surface area contributed by atoms with Crippen molar-refractivity contribution in [2.75, 3.05) is 0 Å². The van der Waals surface area contributed by atoms with E-state index in [1.807, 2.05) is 18.2 Å². The Labute approximate surface area is 78.6 Å². The summed E-state index contributed by atoms with van der Waals surface area (Å²) in [6, 6.07) is 6.02. The number of alkyl halides is 2. The lowest BCUT2D eigenvalue weighted by atomic mass is 10.3. The third-order valence-electron chi connectivity index (χ3n) is 1.14. The maximum Gasteiger partial charge on any atom is 0.0512 e. The average molecular weight is 267 g/mol. The summed E-state index contributed by atoms with van der Waals surface area (Å²) < 4.78 is 0. The number of rotatable bonds is 2. The molecule has 0 aliphatic rings. The first kappa shape index (κ1) is 8.21. The Hall–Kier alpha value is 0.110. The SMILES string of the molecule is BrCc1cccc(CBr)n1.[HH]. The van der Waals surface area contributed by atoms with Crippen LogP contribution in [0.25, 0.3) is 0 Å². The molecule has 10 heavy (non-hydrogen) atoms. The fourth-order valence-electron chi connectivity index (χ4n) is 0.678. The largest absolute Gasteiger partial charge is 0.256 e. The van der Waals surface area contributed by atoms with Crippen LogP contribution in [0.5, 0.6) is 0 Å². The molecule has 1 aromatic heterocycles. The summed E-state index contributed by atoms with van der Waals surface area (Å²) in [5.74, 6) is 0. The van der Waals surface area contributed by atoms with E-state index < -0.39 is 0 Å². The second-order valence-electron chi connectivity index (χ2n) is 1.89. The minimum Gasteiger partial charge on any atom is -0.256 e. The first-order valence-corrected chi connectivity index (χ1v) is 5.18. The monoisotopic (exact) mass is 265 g/mol. The Morgan fingerprint density at radius 2 is 1.70 bits per heavy atom. The third kappa shape index (κ3) is 2.06. The van der Waals surface area contributed by atoms with E-state index in [0.29, 0.717) is 0 Å². The molecule has 0 radical (unpaired) electrons. The van der Waals surface area contributed by atoms with Crippen LogP contribution in [0.2, 0.25) is 0 Å². The van der Waals surface area contributed by atoms with Crippen LogP contribution in [-0.2, 0) is 10.7 Å². The normalized spacial score (nSPS) is 9.80. The van der Waals surface area contributed by atoms with Crippen LogP contribution in [0.3, 0.4) is 0 Å². The molecule has 0 spiro atoms. The molecule has 1 rings (SSSR count). The van der Waals surface area contributed by atoms with Crippen molar-refractivity contribution < 1.29 is 1.43 Å². The van der Waals surface area contributed by atoms with Crippen LogP contribution in [0.1, 0.15) is 12.8 Å². The number of hydrogen-bond acceptors (Lipinski definition) is 1. The van der Waals surface area contributed by atoms with Crippen molar-refractivity contribution in [2.45, 2.75) is 10.7 Å². The minimum absolute atomic E-state index is 0. The highest BCUT2D eigenvalue weighted by atomic mass is 79.9. The lowest BCUT2D eigenvalue weighted by Gasteiger charge is -1.96. The first-order valence-electron chi connectivity index (χ1n) is 2.93. The first-order chi connectivity index (χ1) is 4.86. The van der Waals surface area contributed by atoms with E-state index >= 15 is 0 Å². The molecule has 0 unspecified atom stereocenters. The van der Waals surface area contributed by atoms with Crippen molar-refractivity contribution >= 4 is 31.9 Å². The molecule has 0 N–H and O–H groups in total. The summed E-state index contributed by atoms with van der Waals surface area (Å²) >= 11 is 6.69. The Morgan fingerprint density at radius 3 is 2.10 bits per heavy atom. The number of hydrogen-bond donors (Lipinski definition) is 0. The van der Waals surface area contributed by atoms with Gasteiger partial charge < -0.3 is 0 Å². The summed E-state index contributed by atoms with van der Waals surface area (Å²) in [5.41, 5.74) is 2.16. The highest BCUT2D eigenvalue weighted by molar-refractivity contribution is 9.08. The molecular formula is C7H9Br2N. The van der Waals surface area contributed by atoms with Gasteiger partial charge in [0.05, 0.1) is 11.4 Å². The van der Waals surface area contributed by atoms with Crippen molar-refractivity contribution in [1.29, 1.82) is 0 Å². The molecule has 1 heterocycles. The van der Waals surface area contributed by atoms with Gasteiger partial charge in [0.15, 0.2) is 0 Å². The predicted molar refractivity (Wildman–Crippen MR) is 51.6 cm³/mol. The van der Waals surface area contributed by atoms with Gasteiger partial charge in [-0.2, -0.15) is 0 Å². The molecule has 0 aromatic carbocycles. The van der Waals surface area contributed by atoms with E-state index in [4.69, 9.17) is 0 Å². The standard InChI is InChI=1S/C7H7Br2N.H2/c8-4-6-2-1-3-7(5-9)10-6;/h1-3H,4-5H2;1H. The lowest BCUT2D eigenvalue weighted by molar-refractivity contribution is 1.10. The van der Waals surface area contributed by atoms with Crippen molar-refractivity contribution in [2.24, 2.45) is 0 Å². The average Bonchev–Trinajstić information content (AvgIpc) is 2.05. The Kier molecular flexibility index (Phi) is 3.35. The lowest BCUT2D eigenvalue weighted by Crippen LogP contribution is -1.88. The van der Waals surface area contributed by atoms with Crippen LogP contribution >= 0.6 is 31.9 Å². The van der Waals surface area contributed by atoms with Crippen LogP contribution in [0.4, 0.5) is 0 Å². The van der Waals surface area contributed by atoms with Gasteiger partial charge >= 0.3 is 0 Å². The second-order valence-corrected chi connectivity index (χ2v) is 3.01. The Bertz CT molecular complexity index is 198. The van der Waals surface area contributed by atoms with Crippen molar-refractivity contribution in [3.8, 4) is 0 Å². The zero-order valence-corrected chi connectivity index (χ0v) is 8.52. The number of halogens is 2. The molecule has 56 valence electrons.